The maximum absolute atomic E-state index is 5.73. The van der Waals surface area contributed by atoms with Crippen molar-refractivity contribution in [2.45, 2.75) is 38.0 Å². The van der Waals surface area contributed by atoms with E-state index < -0.39 is 0 Å². The molecule has 0 spiro atoms. The van der Waals surface area contributed by atoms with E-state index in [1.807, 2.05) is 0 Å². The molecule has 1 aromatic rings. The lowest BCUT2D eigenvalue weighted by atomic mass is 9.89. The minimum atomic E-state index is 0.451. The summed E-state index contributed by atoms with van der Waals surface area (Å²) < 4.78 is 12.2. The van der Waals surface area contributed by atoms with E-state index in [9.17, 15) is 0 Å². The van der Waals surface area contributed by atoms with Crippen molar-refractivity contribution in [2.75, 3.05) is 13.7 Å². The molecule has 3 rings (SSSR count). The lowest BCUT2D eigenvalue weighted by Crippen LogP contribution is -2.44. The minimum absolute atomic E-state index is 0.451. The van der Waals surface area contributed by atoms with Gasteiger partial charge in [-0.2, -0.15) is 0 Å². The maximum atomic E-state index is 5.73. The Labute approximate surface area is 116 Å². The normalized spacial score (nSPS) is 25.4. The summed E-state index contributed by atoms with van der Waals surface area (Å²) in [6.45, 7) is 1.69. The summed E-state index contributed by atoms with van der Waals surface area (Å²) in [5.41, 5.74) is 2.59. The van der Waals surface area contributed by atoms with Crippen molar-refractivity contribution in [3.05, 3.63) is 27.7 Å². The minimum Gasteiger partial charge on any atom is -0.493 e. The van der Waals surface area contributed by atoms with Gasteiger partial charge in [0.1, 0.15) is 5.75 Å². The van der Waals surface area contributed by atoms with Gasteiger partial charge in [-0.1, -0.05) is 15.9 Å². The molecule has 1 N–H and O–H groups in total. The third-order valence-electron chi connectivity index (χ3n) is 3.83. The summed E-state index contributed by atoms with van der Waals surface area (Å²) in [4.78, 5) is 0. The highest BCUT2D eigenvalue weighted by atomic mass is 79.9. The predicted molar refractivity (Wildman–Crippen MR) is 74.0 cm³/mol. The van der Waals surface area contributed by atoms with Crippen molar-refractivity contribution >= 4 is 15.9 Å². The fraction of sp³-hybridized carbons (Fsp3) is 0.571. The van der Waals surface area contributed by atoms with Gasteiger partial charge in [0.25, 0.3) is 0 Å². The Morgan fingerprint density at radius 1 is 1.44 bits per heavy atom. The van der Waals surface area contributed by atoms with Crippen LogP contribution < -0.4 is 10.1 Å². The summed E-state index contributed by atoms with van der Waals surface area (Å²) in [5.74, 6) is 1.09. The van der Waals surface area contributed by atoms with Gasteiger partial charge in [-0.15, -0.1) is 0 Å². The molecule has 0 aromatic heterocycles. The van der Waals surface area contributed by atoms with Gasteiger partial charge in [0.05, 0.1) is 12.7 Å². The molecule has 1 aromatic carbocycles. The number of ether oxygens (including phenoxy) is 2. The van der Waals surface area contributed by atoms with Crippen molar-refractivity contribution in [2.24, 2.45) is 0 Å². The Kier molecular flexibility index (Phi) is 3.59. The molecule has 3 nitrogen and oxygen atoms in total. The second kappa shape index (κ2) is 5.19. The Morgan fingerprint density at radius 2 is 2.28 bits per heavy atom. The van der Waals surface area contributed by atoms with E-state index >= 15 is 0 Å². The molecule has 1 saturated carbocycles. The van der Waals surface area contributed by atoms with E-state index in [-0.39, 0.29) is 0 Å². The first-order valence-corrected chi connectivity index (χ1v) is 7.26. The second-order valence-electron chi connectivity index (χ2n) is 5.06. The molecular weight excluding hydrogens is 294 g/mol. The van der Waals surface area contributed by atoms with E-state index in [0.717, 1.165) is 42.6 Å². The molecule has 1 fully saturated rings. The standard InChI is InChI=1S/C14H18BrNO2/c1-17-13-6-12(7-13)16-8-10-5-11(15)4-9-2-3-18-14(9)10/h4-5,12-13,16H,2-3,6-8H2,1H3. The molecule has 0 bridgehead atoms. The Balaban J connectivity index is 1.63. The number of halogens is 1. The van der Waals surface area contributed by atoms with Crippen LogP contribution in [-0.4, -0.2) is 25.9 Å². The van der Waals surface area contributed by atoms with Gasteiger partial charge in [-0.05, 0) is 30.5 Å². The highest BCUT2D eigenvalue weighted by Crippen LogP contribution is 2.33. The zero-order chi connectivity index (χ0) is 12.5. The van der Waals surface area contributed by atoms with Crippen LogP contribution in [0.5, 0.6) is 5.75 Å². The van der Waals surface area contributed by atoms with Crippen molar-refractivity contribution < 1.29 is 9.47 Å². The summed E-state index contributed by atoms with van der Waals surface area (Å²) in [7, 11) is 1.79. The van der Waals surface area contributed by atoms with Crippen LogP contribution in [0.3, 0.4) is 0 Å². The van der Waals surface area contributed by atoms with Gasteiger partial charge < -0.3 is 14.8 Å². The molecule has 18 heavy (non-hydrogen) atoms. The fourth-order valence-corrected chi connectivity index (χ4v) is 3.21. The predicted octanol–water partition coefficient (Wildman–Crippen LogP) is 2.65. The first-order valence-electron chi connectivity index (χ1n) is 6.46. The smallest absolute Gasteiger partial charge is 0.127 e. The summed E-state index contributed by atoms with van der Waals surface area (Å²) in [6, 6.07) is 4.91. The molecule has 0 atom stereocenters. The average molecular weight is 312 g/mol. The first kappa shape index (κ1) is 12.5. The molecule has 1 aliphatic heterocycles. The summed E-state index contributed by atoms with van der Waals surface area (Å²) in [6.07, 6.45) is 3.71. The van der Waals surface area contributed by atoms with Crippen LogP contribution in [0.25, 0.3) is 0 Å². The number of fused-ring (bicyclic) bond motifs is 1. The second-order valence-corrected chi connectivity index (χ2v) is 5.97. The molecule has 1 heterocycles. The highest BCUT2D eigenvalue weighted by molar-refractivity contribution is 9.10. The maximum Gasteiger partial charge on any atom is 0.127 e. The van der Waals surface area contributed by atoms with Crippen molar-refractivity contribution in [3.63, 3.8) is 0 Å². The zero-order valence-electron chi connectivity index (χ0n) is 10.5. The molecule has 0 saturated heterocycles. The summed E-state index contributed by atoms with van der Waals surface area (Å²) in [5, 5.41) is 3.58. The third kappa shape index (κ3) is 2.42. The highest BCUT2D eigenvalue weighted by Gasteiger charge is 2.28. The zero-order valence-corrected chi connectivity index (χ0v) is 12.1. The van der Waals surface area contributed by atoms with E-state index in [1.54, 1.807) is 7.11 Å². The Morgan fingerprint density at radius 3 is 3.06 bits per heavy atom. The van der Waals surface area contributed by atoms with Gasteiger partial charge >= 0.3 is 0 Å². The van der Waals surface area contributed by atoms with E-state index in [0.29, 0.717) is 12.1 Å². The molecule has 0 radical (unpaired) electrons. The van der Waals surface area contributed by atoms with Crippen LogP contribution in [0, 0.1) is 0 Å². The average Bonchev–Trinajstić information content (AvgIpc) is 2.74. The molecule has 4 heteroatoms. The van der Waals surface area contributed by atoms with Gasteiger partial charge in [0.15, 0.2) is 0 Å². The van der Waals surface area contributed by atoms with E-state index in [2.05, 4.69) is 33.4 Å². The van der Waals surface area contributed by atoms with Crippen molar-refractivity contribution in [1.82, 2.24) is 5.32 Å². The topological polar surface area (TPSA) is 30.5 Å². The lowest BCUT2D eigenvalue weighted by molar-refractivity contribution is 0.0169. The molecular formula is C14H18BrNO2. The van der Waals surface area contributed by atoms with E-state index in [1.165, 1.54) is 11.1 Å². The van der Waals surface area contributed by atoms with Crippen LogP contribution >= 0.6 is 15.9 Å². The number of hydrogen-bond acceptors (Lipinski definition) is 3. The SMILES string of the molecule is COC1CC(NCc2cc(Br)cc3c2OCC3)C1. The molecule has 0 amide bonds. The third-order valence-corrected chi connectivity index (χ3v) is 4.29. The quantitative estimate of drug-likeness (QED) is 0.927. The van der Waals surface area contributed by atoms with Gasteiger partial charge in [-0.3, -0.25) is 0 Å². The van der Waals surface area contributed by atoms with Crippen LogP contribution in [0.2, 0.25) is 0 Å². The van der Waals surface area contributed by atoms with Gasteiger partial charge in [-0.25, -0.2) is 0 Å². The van der Waals surface area contributed by atoms with Crippen LogP contribution in [-0.2, 0) is 17.7 Å². The molecule has 2 aliphatic rings. The van der Waals surface area contributed by atoms with Crippen molar-refractivity contribution in [1.29, 1.82) is 0 Å². The number of rotatable bonds is 4. The number of nitrogens with one attached hydrogen (secondary N) is 1. The Bertz CT molecular complexity index is 444. The van der Waals surface area contributed by atoms with Crippen molar-refractivity contribution in [3.8, 4) is 5.75 Å². The number of benzene rings is 1. The lowest BCUT2D eigenvalue weighted by Gasteiger charge is -2.34. The fourth-order valence-electron chi connectivity index (χ4n) is 2.66. The largest absolute Gasteiger partial charge is 0.493 e. The van der Waals surface area contributed by atoms with Crippen LogP contribution in [0.15, 0.2) is 16.6 Å². The van der Waals surface area contributed by atoms with E-state index in [4.69, 9.17) is 9.47 Å². The van der Waals surface area contributed by atoms with Crippen LogP contribution in [0.4, 0.5) is 0 Å². The van der Waals surface area contributed by atoms with Gasteiger partial charge in [0.2, 0.25) is 0 Å². The first-order chi connectivity index (χ1) is 8.76. The number of hydrogen-bond donors (Lipinski definition) is 1. The monoisotopic (exact) mass is 311 g/mol. The Hall–Kier alpha value is -0.580. The molecule has 98 valence electrons. The van der Waals surface area contributed by atoms with Crippen LogP contribution in [0.1, 0.15) is 24.0 Å². The number of methoxy groups -OCH3 is 1. The van der Waals surface area contributed by atoms with Gasteiger partial charge in [0, 0.05) is 36.2 Å². The summed E-state index contributed by atoms with van der Waals surface area (Å²) >= 11 is 3.57. The molecule has 0 unspecified atom stereocenters. The molecule has 1 aliphatic carbocycles.